The number of sulfonamides is 1. The molecule has 1 unspecified atom stereocenters. The number of nitrogens with one attached hydrogen (secondary N) is 1. The van der Waals surface area contributed by atoms with Crippen LogP contribution in [-0.2, 0) is 15.4 Å². The van der Waals surface area contributed by atoms with Gasteiger partial charge in [-0.05, 0) is 50.1 Å². The van der Waals surface area contributed by atoms with Crippen LogP contribution in [0, 0.1) is 0 Å². The first-order valence-corrected chi connectivity index (χ1v) is 12.3. The minimum Gasteiger partial charge on any atom is -0.351 e. The Labute approximate surface area is 191 Å². The summed E-state index contributed by atoms with van der Waals surface area (Å²) in [6, 6.07) is 10.2. The molecule has 0 saturated carbocycles. The molecule has 1 aromatic carbocycles. The lowest BCUT2D eigenvalue weighted by Gasteiger charge is -2.41. The fraction of sp³-hybridized carbons (Fsp3) is 0.429. The third kappa shape index (κ3) is 5.74. The quantitative estimate of drug-likeness (QED) is 0.643. The Morgan fingerprint density at radius 3 is 2.55 bits per heavy atom. The first kappa shape index (κ1) is 23.9. The van der Waals surface area contributed by atoms with Crippen molar-refractivity contribution in [1.29, 1.82) is 0 Å². The van der Waals surface area contributed by atoms with Crippen molar-refractivity contribution in [3.63, 3.8) is 0 Å². The average molecular weight is 488 g/mol. The zero-order chi connectivity index (χ0) is 22.6. The minimum atomic E-state index is -3.68. The van der Waals surface area contributed by atoms with Gasteiger partial charge in [-0.2, -0.15) is 0 Å². The largest absolute Gasteiger partial charge is 0.351 e. The summed E-state index contributed by atoms with van der Waals surface area (Å²) in [5.74, 6) is -0.881. The van der Waals surface area contributed by atoms with Crippen molar-refractivity contribution in [2.75, 3.05) is 25.4 Å². The van der Waals surface area contributed by atoms with Crippen molar-refractivity contribution in [2.24, 2.45) is 0 Å². The SMILES string of the molecule is CC(F)CS(=O)(=O)N1CCC(CNC(=O)c2ccc(Cl)cc2Cl)(c2ccccn2)CC1. The molecule has 168 valence electrons. The summed E-state index contributed by atoms with van der Waals surface area (Å²) in [5, 5.41) is 3.60. The van der Waals surface area contributed by atoms with E-state index in [2.05, 4.69) is 10.3 Å². The van der Waals surface area contributed by atoms with Crippen LogP contribution in [-0.4, -0.2) is 55.2 Å². The third-order valence-electron chi connectivity index (χ3n) is 5.48. The second-order valence-corrected chi connectivity index (χ2v) is 10.6. The second kappa shape index (κ2) is 9.81. The molecule has 2 aromatic rings. The second-order valence-electron chi connectivity index (χ2n) is 7.76. The molecule has 3 rings (SSSR count). The molecule has 1 fully saturated rings. The van der Waals surface area contributed by atoms with Crippen molar-refractivity contribution >= 4 is 39.1 Å². The number of hydrogen-bond acceptors (Lipinski definition) is 4. The average Bonchev–Trinajstić information content (AvgIpc) is 2.72. The highest BCUT2D eigenvalue weighted by Crippen LogP contribution is 2.35. The normalized spacial score (nSPS) is 17.8. The van der Waals surface area contributed by atoms with Crippen molar-refractivity contribution < 1.29 is 17.6 Å². The van der Waals surface area contributed by atoms with E-state index in [1.807, 2.05) is 12.1 Å². The maximum Gasteiger partial charge on any atom is 0.252 e. The van der Waals surface area contributed by atoms with E-state index in [9.17, 15) is 17.6 Å². The lowest BCUT2D eigenvalue weighted by molar-refractivity contribution is 0.0932. The maximum atomic E-state index is 13.3. The molecule has 0 radical (unpaired) electrons. The van der Waals surface area contributed by atoms with Gasteiger partial charge < -0.3 is 5.32 Å². The third-order valence-corrected chi connectivity index (χ3v) is 8.06. The van der Waals surface area contributed by atoms with Crippen LogP contribution in [0.2, 0.25) is 10.0 Å². The number of alkyl halides is 1. The lowest BCUT2D eigenvalue weighted by atomic mass is 9.75. The van der Waals surface area contributed by atoms with Crippen LogP contribution in [0.3, 0.4) is 0 Å². The number of halogens is 3. The highest BCUT2D eigenvalue weighted by Gasteiger charge is 2.41. The standard InChI is InChI=1S/C21H24Cl2FN3O3S/c1-15(24)13-31(29,30)27-10-7-21(8-11-27,19-4-2-3-9-25-19)14-26-20(28)17-6-5-16(22)12-18(17)23/h2-6,9,12,15H,7-8,10-11,13-14H2,1H3,(H,26,28). The van der Waals surface area contributed by atoms with Crippen LogP contribution in [0.4, 0.5) is 4.39 Å². The Morgan fingerprint density at radius 1 is 1.26 bits per heavy atom. The van der Waals surface area contributed by atoms with Gasteiger partial charge in [0.25, 0.3) is 5.91 Å². The van der Waals surface area contributed by atoms with Gasteiger partial charge in [0.05, 0.1) is 16.3 Å². The summed E-state index contributed by atoms with van der Waals surface area (Å²) in [5.41, 5.74) is 0.524. The van der Waals surface area contributed by atoms with Crippen LogP contribution in [0.15, 0.2) is 42.6 Å². The van der Waals surface area contributed by atoms with E-state index in [1.165, 1.54) is 17.3 Å². The Bertz CT molecular complexity index is 1030. The van der Waals surface area contributed by atoms with E-state index in [0.29, 0.717) is 23.4 Å². The molecule has 0 bridgehead atoms. The summed E-state index contributed by atoms with van der Waals surface area (Å²) >= 11 is 12.0. The van der Waals surface area contributed by atoms with Gasteiger partial charge in [-0.3, -0.25) is 9.78 Å². The van der Waals surface area contributed by atoms with Gasteiger partial charge in [0.15, 0.2) is 0 Å². The number of hydrogen-bond donors (Lipinski definition) is 1. The summed E-state index contributed by atoms with van der Waals surface area (Å²) in [6.45, 7) is 1.94. The molecule has 1 aromatic heterocycles. The number of amides is 1. The smallest absolute Gasteiger partial charge is 0.252 e. The predicted octanol–water partition coefficient (Wildman–Crippen LogP) is 3.84. The molecule has 1 N–H and O–H groups in total. The number of carbonyl (C=O) groups excluding carboxylic acids is 1. The van der Waals surface area contributed by atoms with Crippen LogP contribution in [0.25, 0.3) is 0 Å². The first-order chi connectivity index (χ1) is 14.6. The fourth-order valence-electron chi connectivity index (χ4n) is 3.81. The number of carbonyl (C=O) groups is 1. The molecule has 10 heteroatoms. The maximum absolute atomic E-state index is 13.3. The van der Waals surface area contributed by atoms with Gasteiger partial charge in [-0.15, -0.1) is 0 Å². The van der Waals surface area contributed by atoms with Crippen LogP contribution in [0.1, 0.15) is 35.8 Å². The Morgan fingerprint density at radius 2 is 1.97 bits per heavy atom. The topological polar surface area (TPSA) is 79.4 Å². The molecule has 1 saturated heterocycles. The summed E-state index contributed by atoms with van der Waals surface area (Å²) < 4.78 is 39.5. The van der Waals surface area contributed by atoms with E-state index >= 15 is 0 Å². The highest BCUT2D eigenvalue weighted by atomic mass is 35.5. The van der Waals surface area contributed by atoms with E-state index in [1.54, 1.807) is 24.4 Å². The lowest BCUT2D eigenvalue weighted by Crippen LogP contribution is -2.51. The highest BCUT2D eigenvalue weighted by molar-refractivity contribution is 7.89. The molecular weight excluding hydrogens is 464 g/mol. The minimum absolute atomic E-state index is 0.225. The molecule has 1 atom stereocenters. The Balaban J connectivity index is 1.78. The Hall–Kier alpha value is -1.74. The summed E-state index contributed by atoms with van der Waals surface area (Å²) in [4.78, 5) is 17.2. The van der Waals surface area contributed by atoms with Gasteiger partial charge in [0.1, 0.15) is 6.17 Å². The number of rotatable bonds is 7. The molecule has 1 aliphatic rings. The molecule has 0 aliphatic carbocycles. The number of benzene rings is 1. The predicted molar refractivity (Wildman–Crippen MR) is 120 cm³/mol. The van der Waals surface area contributed by atoms with Gasteiger partial charge >= 0.3 is 0 Å². The van der Waals surface area contributed by atoms with Crippen molar-refractivity contribution in [2.45, 2.75) is 31.4 Å². The van der Waals surface area contributed by atoms with E-state index < -0.39 is 27.4 Å². The van der Waals surface area contributed by atoms with E-state index in [0.717, 1.165) is 5.69 Å². The van der Waals surface area contributed by atoms with Crippen molar-refractivity contribution in [1.82, 2.24) is 14.6 Å². The zero-order valence-electron chi connectivity index (χ0n) is 17.0. The fourth-order valence-corrected chi connectivity index (χ4v) is 5.83. The Kier molecular flexibility index (Phi) is 7.57. The number of piperidine rings is 1. The van der Waals surface area contributed by atoms with Crippen molar-refractivity contribution in [3.05, 3.63) is 63.9 Å². The van der Waals surface area contributed by atoms with Gasteiger partial charge in [0.2, 0.25) is 10.0 Å². The molecule has 31 heavy (non-hydrogen) atoms. The number of pyridine rings is 1. The monoisotopic (exact) mass is 487 g/mol. The van der Waals surface area contributed by atoms with Gasteiger partial charge in [0, 0.05) is 42.0 Å². The van der Waals surface area contributed by atoms with Crippen molar-refractivity contribution in [3.8, 4) is 0 Å². The van der Waals surface area contributed by atoms with Crippen LogP contribution < -0.4 is 5.32 Å². The van der Waals surface area contributed by atoms with Gasteiger partial charge in [-0.25, -0.2) is 17.1 Å². The molecule has 0 spiro atoms. The molecule has 6 nitrogen and oxygen atoms in total. The van der Waals surface area contributed by atoms with Crippen LogP contribution >= 0.6 is 23.2 Å². The molecule has 1 amide bonds. The van der Waals surface area contributed by atoms with E-state index in [4.69, 9.17) is 23.2 Å². The molecule has 1 aliphatic heterocycles. The number of nitrogens with zero attached hydrogens (tertiary/aromatic N) is 2. The zero-order valence-corrected chi connectivity index (χ0v) is 19.4. The van der Waals surface area contributed by atoms with E-state index in [-0.39, 0.29) is 30.6 Å². The van der Waals surface area contributed by atoms with Gasteiger partial charge in [-0.1, -0.05) is 29.3 Å². The molecule has 2 heterocycles. The number of aromatic nitrogens is 1. The molecular formula is C21H24Cl2FN3O3S. The first-order valence-electron chi connectivity index (χ1n) is 9.90. The summed E-state index contributed by atoms with van der Waals surface area (Å²) in [6.07, 6.45) is 1.12. The summed E-state index contributed by atoms with van der Waals surface area (Å²) in [7, 11) is -3.68. The van der Waals surface area contributed by atoms with Crippen LogP contribution in [0.5, 0.6) is 0 Å².